The summed E-state index contributed by atoms with van der Waals surface area (Å²) in [5, 5.41) is 14.5. The van der Waals surface area contributed by atoms with Crippen LogP contribution in [0.1, 0.15) is 22.8 Å². The minimum Gasteiger partial charge on any atom is -0.273 e. The Morgan fingerprint density at radius 2 is 2.09 bits per heavy atom. The largest absolute Gasteiger partial charge is 0.324 e. The molecule has 1 heterocycles. The number of benzene rings is 1. The molecule has 1 aromatic heterocycles. The van der Waals surface area contributed by atoms with Crippen LogP contribution in [0.3, 0.4) is 0 Å². The molecule has 0 bridgehead atoms. The zero-order chi connectivity index (χ0) is 15.5. The van der Waals surface area contributed by atoms with Gasteiger partial charge in [-0.1, -0.05) is 41.7 Å². The molecule has 1 N–H and O–H groups in total. The minimum atomic E-state index is -0.449. The Kier molecular flexibility index (Phi) is 3.97. The lowest BCUT2D eigenvalue weighted by atomic mass is 10.1. The number of nitrogens with one attached hydrogen (secondary N) is 1. The van der Waals surface area contributed by atoms with Crippen LogP contribution in [0, 0.1) is 16.0 Å². The van der Waals surface area contributed by atoms with E-state index in [9.17, 15) is 14.9 Å². The molecule has 3 rings (SSSR count). The third-order valence-electron chi connectivity index (χ3n) is 3.51. The van der Waals surface area contributed by atoms with Crippen molar-refractivity contribution in [2.24, 2.45) is 11.0 Å². The zero-order valence-electron chi connectivity index (χ0n) is 11.5. The molecule has 0 unspecified atom stereocenters. The third-order valence-corrected chi connectivity index (χ3v) is 4.49. The molecule has 6 nitrogen and oxygen atoms in total. The van der Waals surface area contributed by atoms with Gasteiger partial charge in [-0.2, -0.15) is 5.10 Å². The van der Waals surface area contributed by atoms with E-state index >= 15 is 0 Å². The number of rotatable bonds is 5. The second kappa shape index (κ2) is 6.07. The van der Waals surface area contributed by atoms with Crippen molar-refractivity contribution >= 4 is 28.5 Å². The highest BCUT2D eigenvalue weighted by atomic mass is 32.1. The molecule has 1 aromatic carbocycles. The van der Waals surface area contributed by atoms with Crippen LogP contribution in [0.4, 0.5) is 5.00 Å². The Balaban J connectivity index is 1.53. The summed E-state index contributed by atoms with van der Waals surface area (Å²) >= 11 is 1.01. The van der Waals surface area contributed by atoms with E-state index in [2.05, 4.69) is 10.5 Å². The Morgan fingerprint density at radius 1 is 1.32 bits per heavy atom. The quantitative estimate of drug-likeness (QED) is 0.523. The van der Waals surface area contributed by atoms with Gasteiger partial charge >= 0.3 is 5.00 Å². The van der Waals surface area contributed by atoms with Gasteiger partial charge < -0.3 is 0 Å². The van der Waals surface area contributed by atoms with Crippen LogP contribution in [-0.2, 0) is 4.79 Å². The number of amides is 1. The van der Waals surface area contributed by atoms with Gasteiger partial charge in [0.2, 0.25) is 5.91 Å². The molecule has 2 aromatic rings. The lowest BCUT2D eigenvalue weighted by molar-refractivity contribution is -0.380. The molecular weight excluding hydrogens is 302 g/mol. The molecule has 0 radical (unpaired) electrons. The smallest absolute Gasteiger partial charge is 0.273 e. The van der Waals surface area contributed by atoms with Crippen molar-refractivity contribution in [2.75, 3.05) is 0 Å². The first-order valence-corrected chi connectivity index (χ1v) is 7.59. The Labute approximate surface area is 130 Å². The molecule has 112 valence electrons. The van der Waals surface area contributed by atoms with Crippen LogP contribution >= 0.6 is 11.3 Å². The molecule has 1 aliphatic rings. The highest BCUT2D eigenvalue weighted by Gasteiger charge is 2.43. The van der Waals surface area contributed by atoms with Crippen molar-refractivity contribution in [3.63, 3.8) is 0 Å². The summed E-state index contributed by atoms with van der Waals surface area (Å²) in [7, 11) is 0. The van der Waals surface area contributed by atoms with Crippen LogP contribution < -0.4 is 5.43 Å². The highest BCUT2D eigenvalue weighted by Crippen LogP contribution is 2.47. The summed E-state index contributed by atoms with van der Waals surface area (Å²) in [6.07, 6.45) is 2.26. The molecular formula is C15H13N3O3S. The lowest BCUT2D eigenvalue weighted by Gasteiger charge is -1.99. The molecule has 7 heteroatoms. The van der Waals surface area contributed by atoms with Gasteiger partial charge in [0.25, 0.3) is 0 Å². The van der Waals surface area contributed by atoms with E-state index in [0.29, 0.717) is 4.88 Å². The molecule has 1 saturated carbocycles. The fourth-order valence-electron chi connectivity index (χ4n) is 2.31. The standard InChI is InChI=1S/C15H13N3O3S/c19-15(13-8-12(13)10-4-2-1-3-5-10)17-16-9-11-6-7-14(22-11)18(20)21/h1-7,9,12-13H,8H2,(H,17,19)/b16-9-/t12-,13-/m1/s1. The van der Waals surface area contributed by atoms with E-state index in [1.165, 1.54) is 17.8 Å². The molecule has 1 fully saturated rings. The maximum Gasteiger partial charge on any atom is 0.324 e. The molecule has 0 spiro atoms. The SMILES string of the molecule is O=C(N/N=C\c1ccc([N+](=O)[O-])s1)[C@@H]1C[C@@H]1c1ccccc1. The Bertz CT molecular complexity index is 727. The van der Waals surface area contributed by atoms with Gasteiger partial charge in [0.1, 0.15) is 0 Å². The van der Waals surface area contributed by atoms with E-state index in [1.807, 2.05) is 30.3 Å². The number of hydrazone groups is 1. The van der Waals surface area contributed by atoms with Crippen LogP contribution in [0.5, 0.6) is 0 Å². The van der Waals surface area contributed by atoms with Crippen molar-refractivity contribution in [3.8, 4) is 0 Å². The average Bonchev–Trinajstić information content (AvgIpc) is 3.19. The third kappa shape index (κ3) is 3.20. The van der Waals surface area contributed by atoms with Gasteiger partial charge in [0.15, 0.2) is 0 Å². The maximum atomic E-state index is 12.0. The van der Waals surface area contributed by atoms with Crippen LogP contribution in [0.25, 0.3) is 0 Å². The highest BCUT2D eigenvalue weighted by molar-refractivity contribution is 7.16. The molecule has 22 heavy (non-hydrogen) atoms. The van der Waals surface area contributed by atoms with Crippen molar-refractivity contribution in [1.29, 1.82) is 0 Å². The Hall–Kier alpha value is -2.54. The Morgan fingerprint density at radius 3 is 2.77 bits per heavy atom. The second-order valence-corrected chi connectivity index (χ2v) is 6.12. The number of hydrogen-bond donors (Lipinski definition) is 1. The topological polar surface area (TPSA) is 84.6 Å². The first-order valence-electron chi connectivity index (χ1n) is 6.77. The number of nitrogens with zero attached hydrogens (tertiary/aromatic N) is 2. The van der Waals surface area contributed by atoms with Crippen LogP contribution in [0.2, 0.25) is 0 Å². The lowest BCUT2D eigenvalue weighted by Crippen LogP contribution is -2.19. The number of nitro groups is 1. The van der Waals surface area contributed by atoms with E-state index in [-0.39, 0.29) is 22.7 Å². The van der Waals surface area contributed by atoms with Crippen molar-refractivity contribution in [2.45, 2.75) is 12.3 Å². The first kappa shape index (κ1) is 14.4. The van der Waals surface area contributed by atoms with E-state index in [1.54, 1.807) is 6.07 Å². The number of carbonyl (C=O) groups is 1. The van der Waals surface area contributed by atoms with E-state index in [4.69, 9.17) is 0 Å². The van der Waals surface area contributed by atoms with Gasteiger partial charge in [-0.3, -0.25) is 14.9 Å². The van der Waals surface area contributed by atoms with Crippen molar-refractivity contribution in [3.05, 3.63) is 63.0 Å². The van der Waals surface area contributed by atoms with Crippen LogP contribution in [0.15, 0.2) is 47.6 Å². The summed E-state index contributed by atoms with van der Waals surface area (Å²) in [6, 6.07) is 12.9. The molecule has 1 aliphatic carbocycles. The van der Waals surface area contributed by atoms with Gasteiger partial charge in [-0.15, -0.1) is 0 Å². The zero-order valence-corrected chi connectivity index (χ0v) is 12.3. The van der Waals surface area contributed by atoms with Crippen molar-refractivity contribution < 1.29 is 9.72 Å². The predicted molar refractivity (Wildman–Crippen MR) is 84.0 cm³/mol. The maximum absolute atomic E-state index is 12.0. The summed E-state index contributed by atoms with van der Waals surface area (Å²) in [5.74, 6) is 0.104. The average molecular weight is 315 g/mol. The second-order valence-electron chi connectivity index (χ2n) is 5.03. The molecule has 0 aliphatic heterocycles. The molecule has 0 saturated heterocycles. The van der Waals surface area contributed by atoms with Gasteiger partial charge in [0.05, 0.1) is 16.0 Å². The molecule has 1 amide bonds. The predicted octanol–water partition coefficient (Wildman–Crippen LogP) is 2.91. The number of carbonyl (C=O) groups excluding carboxylic acids is 1. The number of hydrogen-bond acceptors (Lipinski definition) is 5. The first-order chi connectivity index (χ1) is 10.6. The minimum absolute atomic E-state index is 0.0442. The number of thiophene rings is 1. The molecule has 2 atom stereocenters. The van der Waals surface area contributed by atoms with E-state index < -0.39 is 4.92 Å². The fraction of sp³-hybridized carbons (Fsp3) is 0.200. The summed E-state index contributed by atoms with van der Waals surface area (Å²) in [4.78, 5) is 22.7. The van der Waals surface area contributed by atoms with Gasteiger partial charge in [-0.25, -0.2) is 5.43 Å². The van der Waals surface area contributed by atoms with E-state index in [0.717, 1.165) is 17.8 Å². The summed E-state index contributed by atoms with van der Waals surface area (Å²) in [6.45, 7) is 0. The van der Waals surface area contributed by atoms with Crippen molar-refractivity contribution in [1.82, 2.24) is 5.43 Å². The normalized spacial score (nSPS) is 20.0. The monoisotopic (exact) mass is 315 g/mol. The van der Waals surface area contributed by atoms with Gasteiger partial charge in [-0.05, 0) is 24.0 Å². The fourth-order valence-corrected chi connectivity index (χ4v) is 3.00. The summed E-state index contributed by atoms with van der Waals surface area (Å²) < 4.78 is 0. The van der Waals surface area contributed by atoms with Gasteiger partial charge in [0, 0.05) is 12.0 Å². The van der Waals surface area contributed by atoms with Crippen LogP contribution in [-0.4, -0.2) is 17.0 Å². The summed E-state index contributed by atoms with van der Waals surface area (Å²) in [5.41, 5.74) is 3.67.